The first-order valence-corrected chi connectivity index (χ1v) is 8.62. The molecule has 0 radical (unpaired) electrons. The number of carbonyl (C=O) groups excluding carboxylic acids is 2. The highest BCUT2D eigenvalue weighted by Crippen LogP contribution is 2.24. The molecule has 0 saturated carbocycles. The van der Waals surface area contributed by atoms with Crippen molar-refractivity contribution in [3.05, 3.63) is 0 Å². The molecule has 21 heavy (non-hydrogen) atoms. The van der Waals surface area contributed by atoms with Crippen molar-refractivity contribution in [2.75, 3.05) is 6.54 Å². The smallest absolute Gasteiger partial charge is 0.248 e. The van der Waals surface area contributed by atoms with Crippen molar-refractivity contribution in [1.29, 1.82) is 0 Å². The highest BCUT2D eigenvalue weighted by molar-refractivity contribution is 5.93. The summed E-state index contributed by atoms with van der Waals surface area (Å²) in [7, 11) is 0. The fourth-order valence-electron chi connectivity index (χ4n) is 3.15. The van der Waals surface area contributed by atoms with Gasteiger partial charge in [0.2, 0.25) is 11.8 Å². The first kappa shape index (κ1) is 18.0. The van der Waals surface area contributed by atoms with Crippen LogP contribution in [0.2, 0.25) is 0 Å². The number of carbonyl (C=O) groups is 2. The maximum atomic E-state index is 12.9. The Hall–Kier alpha value is -1.06. The van der Waals surface area contributed by atoms with Gasteiger partial charge in [-0.1, -0.05) is 46.5 Å². The van der Waals surface area contributed by atoms with E-state index in [1.807, 2.05) is 18.7 Å². The summed E-state index contributed by atoms with van der Waals surface area (Å²) in [6, 6.07) is 0.222. The van der Waals surface area contributed by atoms with Crippen LogP contribution >= 0.6 is 0 Å². The lowest BCUT2D eigenvalue weighted by Crippen LogP contribution is -2.57. The molecule has 1 atom stereocenters. The van der Waals surface area contributed by atoms with Gasteiger partial charge in [0.25, 0.3) is 0 Å². The Morgan fingerprint density at radius 2 is 1.81 bits per heavy atom. The Morgan fingerprint density at radius 3 is 2.38 bits per heavy atom. The molecule has 0 aromatic carbocycles. The minimum Gasteiger partial charge on any atom is -0.342 e. The molecule has 1 saturated heterocycles. The Kier molecular flexibility index (Phi) is 7.20. The maximum absolute atomic E-state index is 12.9. The second-order valence-corrected chi connectivity index (χ2v) is 6.28. The van der Waals surface area contributed by atoms with E-state index in [1.54, 1.807) is 0 Å². The summed E-state index contributed by atoms with van der Waals surface area (Å²) < 4.78 is 0. The predicted molar refractivity (Wildman–Crippen MR) is 86.0 cm³/mol. The molecule has 0 spiro atoms. The number of nitrogens with one attached hydrogen (secondary N) is 1. The van der Waals surface area contributed by atoms with Crippen molar-refractivity contribution in [1.82, 2.24) is 10.2 Å². The Balaban J connectivity index is 2.75. The van der Waals surface area contributed by atoms with Crippen LogP contribution in [0, 0.1) is 0 Å². The average Bonchev–Trinajstić information content (AvgIpc) is 2.61. The summed E-state index contributed by atoms with van der Waals surface area (Å²) >= 11 is 0. The SMILES string of the molecule is CCCCCCC(C)N1CCC(=O)NC(CC)(CC)C1=O. The lowest BCUT2D eigenvalue weighted by molar-refractivity contribution is -0.141. The lowest BCUT2D eigenvalue weighted by Gasteiger charge is -2.36. The molecule has 1 fully saturated rings. The molecule has 1 aliphatic rings. The normalized spacial score (nSPS) is 20.1. The summed E-state index contributed by atoms with van der Waals surface area (Å²) in [5.41, 5.74) is -0.689. The van der Waals surface area contributed by atoms with Gasteiger partial charge in [-0.2, -0.15) is 0 Å². The van der Waals surface area contributed by atoms with Crippen LogP contribution in [-0.2, 0) is 9.59 Å². The fourth-order valence-corrected chi connectivity index (χ4v) is 3.15. The molecule has 1 heterocycles. The number of nitrogens with zero attached hydrogens (tertiary/aromatic N) is 1. The van der Waals surface area contributed by atoms with E-state index >= 15 is 0 Å². The molecule has 0 aromatic heterocycles. The fraction of sp³-hybridized carbons (Fsp3) is 0.882. The third-order valence-corrected chi connectivity index (χ3v) is 4.84. The molecule has 0 aromatic rings. The van der Waals surface area contributed by atoms with E-state index in [4.69, 9.17) is 0 Å². The number of unbranched alkanes of at least 4 members (excludes halogenated alkanes) is 3. The molecule has 0 bridgehead atoms. The second kappa shape index (κ2) is 8.40. The largest absolute Gasteiger partial charge is 0.342 e. The lowest BCUT2D eigenvalue weighted by atomic mass is 9.90. The topological polar surface area (TPSA) is 49.4 Å². The Morgan fingerprint density at radius 1 is 1.14 bits per heavy atom. The van der Waals surface area contributed by atoms with Crippen LogP contribution < -0.4 is 5.32 Å². The van der Waals surface area contributed by atoms with Crippen molar-refractivity contribution in [2.45, 2.75) is 90.6 Å². The number of rotatable bonds is 8. The van der Waals surface area contributed by atoms with Gasteiger partial charge in [0, 0.05) is 19.0 Å². The third-order valence-electron chi connectivity index (χ3n) is 4.84. The van der Waals surface area contributed by atoms with E-state index in [1.165, 1.54) is 19.3 Å². The molecule has 1 unspecified atom stereocenters. The van der Waals surface area contributed by atoms with E-state index < -0.39 is 5.54 Å². The maximum Gasteiger partial charge on any atom is 0.248 e. The van der Waals surface area contributed by atoms with Gasteiger partial charge in [-0.05, 0) is 26.2 Å². The molecular weight excluding hydrogens is 264 g/mol. The number of amides is 2. The van der Waals surface area contributed by atoms with Crippen LogP contribution in [0.25, 0.3) is 0 Å². The molecule has 4 nitrogen and oxygen atoms in total. The van der Waals surface area contributed by atoms with E-state index in [-0.39, 0.29) is 17.9 Å². The first-order chi connectivity index (χ1) is 10.0. The summed E-state index contributed by atoms with van der Waals surface area (Å²) in [6.45, 7) is 8.85. The Bertz CT molecular complexity index is 351. The first-order valence-electron chi connectivity index (χ1n) is 8.62. The van der Waals surface area contributed by atoms with Gasteiger partial charge < -0.3 is 10.2 Å². The van der Waals surface area contributed by atoms with Crippen LogP contribution in [0.1, 0.15) is 79.1 Å². The van der Waals surface area contributed by atoms with Gasteiger partial charge in [-0.15, -0.1) is 0 Å². The van der Waals surface area contributed by atoms with Crippen molar-refractivity contribution in [3.63, 3.8) is 0 Å². The molecule has 1 N–H and O–H groups in total. The molecule has 122 valence electrons. The number of hydrogen-bond donors (Lipinski definition) is 1. The monoisotopic (exact) mass is 296 g/mol. The molecule has 4 heteroatoms. The van der Waals surface area contributed by atoms with E-state index in [9.17, 15) is 9.59 Å². The Labute approximate surface area is 129 Å². The van der Waals surface area contributed by atoms with Gasteiger partial charge in [-0.3, -0.25) is 9.59 Å². The van der Waals surface area contributed by atoms with Crippen molar-refractivity contribution in [2.24, 2.45) is 0 Å². The van der Waals surface area contributed by atoms with Crippen molar-refractivity contribution in [3.8, 4) is 0 Å². The van der Waals surface area contributed by atoms with Crippen molar-refractivity contribution < 1.29 is 9.59 Å². The summed E-state index contributed by atoms with van der Waals surface area (Å²) in [5.74, 6) is 0.120. The average molecular weight is 296 g/mol. The van der Waals surface area contributed by atoms with E-state index in [0.717, 1.165) is 12.8 Å². The van der Waals surface area contributed by atoms with Gasteiger partial charge >= 0.3 is 0 Å². The summed E-state index contributed by atoms with van der Waals surface area (Å²) in [6.07, 6.45) is 7.65. The van der Waals surface area contributed by atoms with E-state index in [2.05, 4.69) is 19.2 Å². The molecule has 1 aliphatic heterocycles. The zero-order valence-electron chi connectivity index (χ0n) is 14.2. The summed E-state index contributed by atoms with van der Waals surface area (Å²) in [5, 5.41) is 2.97. The molecule has 2 amide bonds. The molecular formula is C17H32N2O2. The van der Waals surface area contributed by atoms with Crippen molar-refractivity contribution >= 4 is 11.8 Å². The number of hydrogen-bond acceptors (Lipinski definition) is 2. The van der Waals surface area contributed by atoms with Gasteiger partial charge in [0.1, 0.15) is 5.54 Å². The highest BCUT2D eigenvalue weighted by atomic mass is 16.2. The zero-order valence-corrected chi connectivity index (χ0v) is 14.2. The van der Waals surface area contributed by atoms with Crippen LogP contribution in [-0.4, -0.2) is 34.8 Å². The van der Waals surface area contributed by atoms with E-state index in [0.29, 0.717) is 25.8 Å². The third kappa shape index (κ3) is 4.45. The van der Waals surface area contributed by atoms with Gasteiger partial charge in [0.05, 0.1) is 0 Å². The minimum atomic E-state index is -0.689. The molecule has 1 rings (SSSR count). The minimum absolute atomic E-state index is 0.00716. The van der Waals surface area contributed by atoms with Crippen LogP contribution in [0.3, 0.4) is 0 Å². The molecule has 0 aliphatic carbocycles. The van der Waals surface area contributed by atoms with Crippen LogP contribution in [0.4, 0.5) is 0 Å². The van der Waals surface area contributed by atoms with Gasteiger partial charge in [0.15, 0.2) is 0 Å². The van der Waals surface area contributed by atoms with Gasteiger partial charge in [-0.25, -0.2) is 0 Å². The predicted octanol–water partition coefficient (Wildman–Crippen LogP) is 3.25. The zero-order chi connectivity index (χ0) is 15.9. The standard InChI is InChI=1S/C17H32N2O2/c1-5-8-9-10-11-14(4)19-13-12-15(20)18-17(6-2,7-3)16(19)21/h14H,5-13H2,1-4H3,(H,18,20). The van der Waals surface area contributed by atoms with Crippen LogP contribution in [0.5, 0.6) is 0 Å². The highest BCUT2D eigenvalue weighted by Gasteiger charge is 2.42. The second-order valence-electron chi connectivity index (χ2n) is 6.28. The quantitative estimate of drug-likeness (QED) is 0.699. The van der Waals surface area contributed by atoms with Crippen LogP contribution in [0.15, 0.2) is 0 Å². The summed E-state index contributed by atoms with van der Waals surface area (Å²) in [4.78, 5) is 26.8.